The van der Waals surface area contributed by atoms with Gasteiger partial charge in [-0.15, -0.1) is 0 Å². The molecule has 0 aromatic heterocycles. The maximum absolute atomic E-state index is 14.1. The molecule has 0 radical (unpaired) electrons. The van der Waals surface area contributed by atoms with Gasteiger partial charge in [-0.3, -0.25) is 4.79 Å². The SMILES string of the molecule is CCN(C1=NOC(c2cc(Cl)c(F)c(Cl)c2)(C(F)(F)F)C1)c1ccc(F)c(C=O)c1. The second kappa shape index (κ2) is 8.03. The van der Waals surface area contributed by atoms with Crippen LogP contribution >= 0.6 is 23.2 Å². The van der Waals surface area contributed by atoms with Gasteiger partial charge in [0.1, 0.15) is 5.82 Å². The molecule has 1 aliphatic rings. The summed E-state index contributed by atoms with van der Waals surface area (Å²) >= 11 is 11.4. The molecule has 1 atom stereocenters. The average Bonchev–Trinajstić information content (AvgIpc) is 3.14. The Hall–Kier alpha value is -2.39. The van der Waals surface area contributed by atoms with Crippen molar-refractivity contribution in [2.24, 2.45) is 5.16 Å². The number of anilines is 1. The van der Waals surface area contributed by atoms with Crippen molar-refractivity contribution in [3.05, 3.63) is 63.1 Å². The number of halogens is 7. The molecule has 1 aliphatic heterocycles. The molecule has 0 N–H and O–H groups in total. The molecule has 11 heteroatoms. The molecule has 4 nitrogen and oxygen atoms in total. The Morgan fingerprint density at radius 2 is 1.83 bits per heavy atom. The molecule has 0 spiro atoms. The Kier molecular flexibility index (Phi) is 5.97. The highest BCUT2D eigenvalue weighted by Crippen LogP contribution is 2.50. The molecule has 0 saturated carbocycles. The minimum atomic E-state index is -4.96. The second-order valence-corrected chi connectivity index (χ2v) is 7.24. The molecule has 0 aliphatic carbocycles. The fourth-order valence-corrected chi connectivity index (χ4v) is 3.61. The van der Waals surface area contributed by atoms with E-state index >= 15 is 0 Å². The standard InChI is InChI=1S/C19H13Cl2F5N2O2/c1-2-28(12-3-4-15(22)10(5-12)9-29)16-8-18(30-27-16,19(24,25)26)11-6-13(20)17(23)14(21)7-11/h3-7,9H,2,8H2,1H3. The van der Waals surface area contributed by atoms with Gasteiger partial charge in [-0.2, -0.15) is 13.2 Å². The number of rotatable bonds is 4. The number of hydrogen-bond donors (Lipinski definition) is 0. The number of carbonyl (C=O) groups is 1. The van der Waals surface area contributed by atoms with Crippen molar-refractivity contribution in [3.8, 4) is 0 Å². The molecule has 1 heterocycles. The summed E-state index contributed by atoms with van der Waals surface area (Å²) in [6, 6.07) is 5.08. The van der Waals surface area contributed by atoms with Crippen molar-refractivity contribution in [1.82, 2.24) is 0 Å². The van der Waals surface area contributed by atoms with Crippen LogP contribution in [0, 0.1) is 11.6 Å². The van der Waals surface area contributed by atoms with Crippen LogP contribution in [0.25, 0.3) is 0 Å². The smallest absolute Gasteiger partial charge is 0.372 e. The number of aldehydes is 1. The van der Waals surface area contributed by atoms with E-state index in [9.17, 15) is 26.7 Å². The normalized spacial score (nSPS) is 18.7. The zero-order valence-electron chi connectivity index (χ0n) is 15.2. The summed E-state index contributed by atoms with van der Waals surface area (Å²) in [5.41, 5.74) is -3.49. The van der Waals surface area contributed by atoms with Gasteiger partial charge in [-0.25, -0.2) is 8.78 Å². The van der Waals surface area contributed by atoms with Crippen molar-refractivity contribution < 1.29 is 31.6 Å². The molecule has 0 bridgehead atoms. The quantitative estimate of drug-likeness (QED) is 0.310. The lowest BCUT2D eigenvalue weighted by Crippen LogP contribution is -2.44. The van der Waals surface area contributed by atoms with E-state index in [1.54, 1.807) is 6.92 Å². The van der Waals surface area contributed by atoms with Gasteiger partial charge in [-0.1, -0.05) is 28.4 Å². The zero-order valence-corrected chi connectivity index (χ0v) is 16.7. The molecule has 2 aromatic rings. The largest absolute Gasteiger partial charge is 0.435 e. The first-order chi connectivity index (χ1) is 14.0. The van der Waals surface area contributed by atoms with Crippen LogP contribution in [0.2, 0.25) is 10.0 Å². The number of oxime groups is 1. The number of benzene rings is 2. The third-order valence-corrected chi connectivity index (χ3v) is 5.22. The van der Waals surface area contributed by atoms with E-state index in [4.69, 9.17) is 28.0 Å². The summed E-state index contributed by atoms with van der Waals surface area (Å²) in [7, 11) is 0. The minimum absolute atomic E-state index is 0.130. The molecule has 0 fully saturated rings. The molecular weight excluding hydrogens is 454 g/mol. The predicted molar refractivity (Wildman–Crippen MR) is 102 cm³/mol. The fourth-order valence-electron chi connectivity index (χ4n) is 3.13. The fraction of sp³-hybridized carbons (Fsp3) is 0.263. The number of hydrogen-bond acceptors (Lipinski definition) is 4. The number of carbonyl (C=O) groups excluding carboxylic acids is 1. The topological polar surface area (TPSA) is 41.9 Å². The Morgan fingerprint density at radius 3 is 2.37 bits per heavy atom. The molecule has 160 valence electrons. The summed E-state index contributed by atoms with van der Waals surface area (Å²) in [5, 5.41) is 2.40. The van der Waals surface area contributed by atoms with E-state index in [0.29, 0.717) is 6.29 Å². The van der Waals surface area contributed by atoms with Crippen LogP contribution in [0.5, 0.6) is 0 Å². The highest BCUT2D eigenvalue weighted by atomic mass is 35.5. The summed E-state index contributed by atoms with van der Waals surface area (Å²) in [6.45, 7) is 1.77. The zero-order chi connectivity index (χ0) is 22.3. The first kappa shape index (κ1) is 22.3. The van der Waals surface area contributed by atoms with Gasteiger partial charge >= 0.3 is 6.18 Å². The van der Waals surface area contributed by atoms with Gasteiger partial charge in [0, 0.05) is 17.8 Å². The van der Waals surface area contributed by atoms with E-state index in [-0.39, 0.29) is 23.6 Å². The Labute approximate surface area is 177 Å². The molecule has 3 rings (SSSR count). The van der Waals surface area contributed by atoms with Crippen LogP contribution in [0.4, 0.5) is 27.6 Å². The number of alkyl halides is 3. The maximum atomic E-state index is 14.1. The van der Waals surface area contributed by atoms with Crippen LogP contribution in [0.1, 0.15) is 29.3 Å². The third kappa shape index (κ3) is 3.72. The molecule has 0 saturated heterocycles. The number of amidine groups is 1. The van der Waals surface area contributed by atoms with E-state index in [0.717, 1.165) is 18.2 Å². The Morgan fingerprint density at radius 1 is 1.20 bits per heavy atom. The van der Waals surface area contributed by atoms with E-state index < -0.39 is 45.4 Å². The van der Waals surface area contributed by atoms with Crippen molar-refractivity contribution >= 4 is 41.0 Å². The van der Waals surface area contributed by atoms with E-state index in [1.807, 2.05) is 0 Å². The van der Waals surface area contributed by atoms with Crippen LogP contribution in [0.3, 0.4) is 0 Å². The van der Waals surface area contributed by atoms with Crippen LogP contribution in [-0.4, -0.2) is 24.8 Å². The average molecular weight is 467 g/mol. The molecular formula is C19H13Cl2F5N2O2. The monoisotopic (exact) mass is 466 g/mol. The second-order valence-electron chi connectivity index (χ2n) is 6.42. The third-order valence-electron chi connectivity index (χ3n) is 4.67. The lowest BCUT2D eigenvalue weighted by molar-refractivity contribution is -0.275. The van der Waals surface area contributed by atoms with Gasteiger partial charge in [0.05, 0.1) is 22.0 Å². The van der Waals surface area contributed by atoms with Gasteiger partial charge < -0.3 is 9.74 Å². The first-order valence-corrected chi connectivity index (χ1v) is 9.28. The van der Waals surface area contributed by atoms with Gasteiger partial charge in [0.25, 0.3) is 5.60 Å². The van der Waals surface area contributed by atoms with Gasteiger partial charge in [0.15, 0.2) is 17.9 Å². The summed E-state index contributed by atoms with van der Waals surface area (Å²) in [4.78, 5) is 17.2. The van der Waals surface area contributed by atoms with E-state index in [1.165, 1.54) is 17.0 Å². The lowest BCUT2D eigenvalue weighted by atomic mass is 9.89. The first-order valence-electron chi connectivity index (χ1n) is 8.53. The van der Waals surface area contributed by atoms with E-state index in [2.05, 4.69) is 5.16 Å². The van der Waals surface area contributed by atoms with Crippen molar-refractivity contribution in [1.29, 1.82) is 0 Å². The van der Waals surface area contributed by atoms with Crippen molar-refractivity contribution in [2.75, 3.05) is 11.4 Å². The highest BCUT2D eigenvalue weighted by Gasteiger charge is 2.63. The van der Waals surface area contributed by atoms with Gasteiger partial charge in [-0.05, 0) is 37.3 Å². The molecule has 1 unspecified atom stereocenters. The number of nitrogens with zero attached hydrogens (tertiary/aromatic N) is 2. The molecule has 0 amide bonds. The Bertz CT molecular complexity index is 1010. The van der Waals surface area contributed by atoms with Crippen LogP contribution in [0.15, 0.2) is 35.5 Å². The van der Waals surface area contributed by atoms with Gasteiger partial charge in [0.2, 0.25) is 0 Å². The van der Waals surface area contributed by atoms with Crippen molar-refractivity contribution in [2.45, 2.75) is 25.1 Å². The summed E-state index contributed by atoms with van der Waals surface area (Å²) < 4.78 is 69.6. The molecule has 30 heavy (non-hydrogen) atoms. The van der Waals surface area contributed by atoms with Crippen molar-refractivity contribution in [3.63, 3.8) is 0 Å². The highest BCUT2D eigenvalue weighted by molar-refractivity contribution is 6.35. The van der Waals surface area contributed by atoms with Crippen LogP contribution < -0.4 is 4.90 Å². The maximum Gasteiger partial charge on any atom is 0.435 e. The Balaban J connectivity index is 2.04. The predicted octanol–water partition coefficient (Wildman–Crippen LogP) is 6.10. The summed E-state index contributed by atoms with van der Waals surface area (Å²) in [5.74, 6) is -1.95. The minimum Gasteiger partial charge on any atom is -0.372 e. The molecule has 2 aromatic carbocycles. The van der Waals surface area contributed by atoms with Crippen LogP contribution in [-0.2, 0) is 10.4 Å². The lowest BCUT2D eigenvalue weighted by Gasteiger charge is -2.30. The summed E-state index contributed by atoms with van der Waals surface area (Å²) in [6.07, 6.45) is -5.45.